The van der Waals surface area contributed by atoms with E-state index in [0.29, 0.717) is 13.0 Å². The van der Waals surface area contributed by atoms with E-state index in [2.05, 4.69) is 5.32 Å². The Hall–Kier alpha value is -0.820. The van der Waals surface area contributed by atoms with Crippen molar-refractivity contribution in [3.8, 4) is 0 Å². The number of halogens is 3. The maximum atomic E-state index is 12.5. The number of hydrogen-bond acceptors (Lipinski definition) is 3. The highest BCUT2D eigenvalue weighted by molar-refractivity contribution is 5.84. The maximum Gasteiger partial charge on any atom is 0.406 e. The molecule has 0 unspecified atom stereocenters. The topological polar surface area (TPSA) is 41.6 Å². The van der Waals surface area contributed by atoms with Crippen molar-refractivity contribution in [3.05, 3.63) is 0 Å². The largest absolute Gasteiger partial charge is 0.406 e. The van der Waals surface area contributed by atoms with Gasteiger partial charge in [-0.05, 0) is 32.6 Å². The molecule has 0 bridgehead atoms. The van der Waals surface area contributed by atoms with Gasteiger partial charge in [0.1, 0.15) is 6.54 Å². The monoisotopic (exact) mass is 334 g/mol. The average molecular weight is 334 g/mol. The van der Waals surface area contributed by atoms with Crippen LogP contribution in [0.5, 0.6) is 0 Å². The van der Waals surface area contributed by atoms with E-state index >= 15 is 0 Å². The van der Waals surface area contributed by atoms with Gasteiger partial charge >= 0.3 is 6.18 Å². The number of alkyl halides is 3. The molecule has 0 radical (unpaired) electrons. The van der Waals surface area contributed by atoms with Gasteiger partial charge < -0.3 is 15.0 Å². The van der Waals surface area contributed by atoms with Crippen LogP contribution >= 0.6 is 0 Å². The highest BCUT2D eigenvalue weighted by Crippen LogP contribution is 2.55. The van der Waals surface area contributed by atoms with Crippen LogP contribution in [-0.2, 0) is 9.53 Å². The molecular formula is C16H25F3N2O2. The number of likely N-dealkylation sites (tertiary alicyclic amines) is 1. The van der Waals surface area contributed by atoms with E-state index in [9.17, 15) is 18.0 Å². The molecule has 4 nitrogen and oxygen atoms in total. The standard InChI is InChI=1S/C16H25F3N2O2/c1-2-23-13-9-12(15(13)6-3-4-7-15)20-11-5-8-21(14(11)22)10-16(17,18)19/h11-13,20H,2-10H2,1H3/t11-,12-,13+/m0/s1. The Labute approximate surface area is 134 Å². The Kier molecular flexibility index (Phi) is 4.62. The normalized spacial score (nSPS) is 33.5. The van der Waals surface area contributed by atoms with E-state index in [1.165, 1.54) is 12.8 Å². The summed E-state index contributed by atoms with van der Waals surface area (Å²) in [6, 6.07) is -0.274. The smallest absolute Gasteiger partial charge is 0.378 e. The Bertz CT molecular complexity index is 449. The third-order valence-electron chi connectivity index (χ3n) is 5.76. The van der Waals surface area contributed by atoms with Gasteiger partial charge in [0.2, 0.25) is 5.91 Å². The molecule has 2 saturated carbocycles. The summed E-state index contributed by atoms with van der Waals surface area (Å²) in [5.41, 5.74) is 0.0910. The van der Waals surface area contributed by atoms with Crippen LogP contribution in [0.2, 0.25) is 0 Å². The van der Waals surface area contributed by atoms with E-state index in [0.717, 1.165) is 24.2 Å². The zero-order chi connectivity index (χ0) is 16.7. The lowest BCUT2D eigenvalue weighted by molar-refractivity contribution is -0.159. The molecule has 1 spiro atoms. The molecule has 0 aromatic carbocycles. The molecule has 23 heavy (non-hydrogen) atoms. The van der Waals surface area contributed by atoms with E-state index < -0.39 is 24.7 Å². The van der Waals surface area contributed by atoms with Crippen LogP contribution in [0.4, 0.5) is 13.2 Å². The quantitative estimate of drug-likeness (QED) is 0.840. The lowest BCUT2D eigenvalue weighted by atomic mass is 9.60. The molecule has 132 valence electrons. The van der Waals surface area contributed by atoms with Crippen LogP contribution in [0, 0.1) is 5.41 Å². The number of carbonyl (C=O) groups is 1. The van der Waals surface area contributed by atoms with Gasteiger partial charge in [-0.3, -0.25) is 4.79 Å². The maximum absolute atomic E-state index is 12.5. The van der Waals surface area contributed by atoms with Crippen molar-refractivity contribution in [1.29, 1.82) is 0 Å². The first-order valence-corrected chi connectivity index (χ1v) is 8.59. The lowest BCUT2D eigenvalue weighted by Gasteiger charge is -2.54. The summed E-state index contributed by atoms with van der Waals surface area (Å²) in [5.74, 6) is -0.407. The number of amides is 1. The molecule has 3 atom stereocenters. The van der Waals surface area contributed by atoms with Crippen LogP contribution in [-0.4, -0.2) is 54.9 Å². The first-order valence-electron chi connectivity index (χ1n) is 8.59. The number of nitrogens with one attached hydrogen (secondary N) is 1. The van der Waals surface area contributed by atoms with E-state index in [4.69, 9.17) is 4.74 Å². The van der Waals surface area contributed by atoms with Gasteiger partial charge in [-0.1, -0.05) is 12.8 Å². The fourth-order valence-corrected chi connectivity index (χ4v) is 4.63. The van der Waals surface area contributed by atoms with Crippen LogP contribution in [0.25, 0.3) is 0 Å². The summed E-state index contributed by atoms with van der Waals surface area (Å²) in [6.45, 7) is 1.71. The second-order valence-electron chi connectivity index (χ2n) is 7.06. The van der Waals surface area contributed by atoms with Crippen LogP contribution in [0.1, 0.15) is 45.4 Å². The van der Waals surface area contributed by atoms with Gasteiger partial charge in [0.15, 0.2) is 0 Å². The van der Waals surface area contributed by atoms with Crippen molar-refractivity contribution in [3.63, 3.8) is 0 Å². The minimum atomic E-state index is -4.33. The van der Waals surface area contributed by atoms with Crippen molar-refractivity contribution in [1.82, 2.24) is 10.2 Å². The lowest BCUT2D eigenvalue weighted by Crippen LogP contribution is -2.65. The molecule has 2 aliphatic carbocycles. The predicted octanol–water partition coefficient (Wildman–Crippen LogP) is 2.48. The molecule has 3 aliphatic rings. The molecule has 7 heteroatoms. The van der Waals surface area contributed by atoms with Crippen LogP contribution < -0.4 is 5.32 Å². The molecule has 0 aromatic heterocycles. The third-order valence-corrected chi connectivity index (χ3v) is 5.76. The zero-order valence-electron chi connectivity index (χ0n) is 13.5. The summed E-state index contributed by atoms with van der Waals surface area (Å²) in [7, 11) is 0. The molecule has 1 amide bonds. The minimum Gasteiger partial charge on any atom is -0.378 e. The molecule has 0 aromatic rings. The summed E-state index contributed by atoms with van der Waals surface area (Å²) >= 11 is 0. The molecule has 3 rings (SSSR count). The van der Waals surface area contributed by atoms with Gasteiger partial charge in [0.05, 0.1) is 12.1 Å². The van der Waals surface area contributed by atoms with Gasteiger partial charge in [-0.2, -0.15) is 13.2 Å². The van der Waals surface area contributed by atoms with E-state index in [1.54, 1.807) is 0 Å². The number of nitrogens with zero attached hydrogens (tertiary/aromatic N) is 1. The molecular weight excluding hydrogens is 309 g/mol. The number of rotatable bonds is 5. The zero-order valence-corrected chi connectivity index (χ0v) is 13.5. The Morgan fingerprint density at radius 2 is 2.04 bits per heavy atom. The Morgan fingerprint density at radius 1 is 1.35 bits per heavy atom. The summed E-state index contributed by atoms with van der Waals surface area (Å²) in [6.07, 6.45) is 1.73. The highest BCUT2D eigenvalue weighted by Gasteiger charge is 2.57. The van der Waals surface area contributed by atoms with Crippen molar-refractivity contribution in [2.45, 2.75) is 69.8 Å². The third kappa shape index (κ3) is 3.22. The van der Waals surface area contributed by atoms with Gasteiger partial charge in [0.25, 0.3) is 0 Å². The molecule has 1 heterocycles. The molecule has 1 N–H and O–H groups in total. The highest BCUT2D eigenvalue weighted by atomic mass is 19.4. The first kappa shape index (κ1) is 17.0. The van der Waals surface area contributed by atoms with Gasteiger partial charge in [0, 0.05) is 24.6 Å². The molecule has 1 aliphatic heterocycles. The van der Waals surface area contributed by atoms with Crippen molar-refractivity contribution >= 4 is 5.91 Å². The van der Waals surface area contributed by atoms with Crippen molar-refractivity contribution < 1.29 is 22.7 Å². The minimum absolute atomic E-state index is 0.0910. The van der Waals surface area contributed by atoms with E-state index in [-0.39, 0.29) is 24.1 Å². The summed E-state index contributed by atoms with van der Waals surface area (Å²) in [5, 5.41) is 3.36. The number of hydrogen-bond donors (Lipinski definition) is 1. The average Bonchev–Trinajstić information content (AvgIpc) is 3.08. The van der Waals surface area contributed by atoms with Gasteiger partial charge in [-0.25, -0.2) is 0 Å². The van der Waals surface area contributed by atoms with Crippen LogP contribution in [0.3, 0.4) is 0 Å². The van der Waals surface area contributed by atoms with E-state index in [1.807, 2.05) is 6.92 Å². The summed E-state index contributed by atoms with van der Waals surface area (Å²) in [4.78, 5) is 13.1. The fraction of sp³-hybridized carbons (Fsp3) is 0.938. The number of ether oxygens (including phenoxy) is 1. The van der Waals surface area contributed by atoms with Crippen molar-refractivity contribution in [2.75, 3.05) is 19.7 Å². The predicted molar refractivity (Wildman–Crippen MR) is 78.9 cm³/mol. The van der Waals surface area contributed by atoms with Crippen LogP contribution in [0.15, 0.2) is 0 Å². The molecule has 3 fully saturated rings. The fourth-order valence-electron chi connectivity index (χ4n) is 4.63. The number of carbonyl (C=O) groups excluding carboxylic acids is 1. The molecule has 1 saturated heterocycles. The summed E-state index contributed by atoms with van der Waals surface area (Å²) < 4.78 is 43.3. The second kappa shape index (κ2) is 6.24. The Morgan fingerprint density at radius 3 is 2.65 bits per heavy atom. The Balaban J connectivity index is 1.59. The van der Waals surface area contributed by atoms with Gasteiger partial charge in [-0.15, -0.1) is 0 Å². The van der Waals surface area contributed by atoms with Crippen molar-refractivity contribution in [2.24, 2.45) is 5.41 Å². The SMILES string of the molecule is CCO[C@@H]1C[C@H](N[C@H]2CCN(CC(F)(F)F)C2=O)C12CCCC2. The first-order chi connectivity index (χ1) is 10.9. The second-order valence-corrected chi connectivity index (χ2v) is 7.06.